The van der Waals surface area contributed by atoms with E-state index in [9.17, 15) is 4.79 Å². The van der Waals surface area contributed by atoms with Crippen molar-refractivity contribution in [2.75, 3.05) is 13.7 Å². The summed E-state index contributed by atoms with van der Waals surface area (Å²) in [5.41, 5.74) is 1.11. The Kier molecular flexibility index (Phi) is 15.7. The van der Waals surface area contributed by atoms with Crippen molar-refractivity contribution in [1.29, 1.82) is 0 Å². The van der Waals surface area contributed by atoms with Gasteiger partial charge in [0.1, 0.15) is 11.5 Å². The summed E-state index contributed by atoms with van der Waals surface area (Å²) in [5, 5.41) is 0. The van der Waals surface area contributed by atoms with Gasteiger partial charge < -0.3 is 14.2 Å². The molecule has 0 spiro atoms. The third-order valence-electron chi connectivity index (χ3n) is 3.10. The Morgan fingerprint density at radius 1 is 1.00 bits per heavy atom. The van der Waals surface area contributed by atoms with Crippen LogP contribution in [0.15, 0.2) is 42.6 Å². The molecule has 1 aromatic heterocycles. The van der Waals surface area contributed by atoms with Crippen LogP contribution in [0.5, 0.6) is 17.4 Å². The number of aromatic nitrogens is 1. The molecule has 0 saturated carbocycles. The van der Waals surface area contributed by atoms with Gasteiger partial charge in [0.15, 0.2) is 0 Å². The molecule has 0 fully saturated rings. The van der Waals surface area contributed by atoms with Crippen LogP contribution in [0.3, 0.4) is 0 Å². The fourth-order valence-corrected chi connectivity index (χ4v) is 1.76. The lowest BCUT2D eigenvalue weighted by atomic mass is 10.3. The number of carbonyl (C=O) groups excluding carboxylic acids is 1. The van der Waals surface area contributed by atoms with Gasteiger partial charge in [-0.05, 0) is 43.2 Å². The van der Waals surface area contributed by atoms with E-state index in [0.717, 1.165) is 29.9 Å². The third-order valence-corrected chi connectivity index (χ3v) is 3.10. The average molecular weight is 363 g/mol. The van der Waals surface area contributed by atoms with Gasteiger partial charge in [-0.15, -0.1) is 0 Å². The van der Waals surface area contributed by atoms with Gasteiger partial charge in [-0.25, -0.2) is 4.98 Å². The molecule has 0 radical (unpaired) electrons. The van der Waals surface area contributed by atoms with E-state index in [0.29, 0.717) is 19.0 Å². The molecule has 0 atom stereocenters. The van der Waals surface area contributed by atoms with Crippen LogP contribution in [-0.4, -0.2) is 25.2 Å². The maximum absolute atomic E-state index is 9.55. The van der Waals surface area contributed by atoms with Crippen LogP contribution in [-0.2, 0) is 9.53 Å². The van der Waals surface area contributed by atoms with Gasteiger partial charge in [-0.1, -0.05) is 40.7 Å². The lowest BCUT2D eigenvalue weighted by molar-refractivity contribution is -0.128. The number of benzene rings is 1. The molecule has 0 unspecified atom stereocenters. The van der Waals surface area contributed by atoms with Gasteiger partial charge in [0.2, 0.25) is 5.88 Å². The van der Waals surface area contributed by atoms with E-state index in [1.807, 2.05) is 43.3 Å². The smallest absolute Gasteiger partial charge is 0.293 e. The number of aryl methyl sites for hydroxylation is 1. The maximum Gasteiger partial charge on any atom is 0.293 e. The van der Waals surface area contributed by atoms with Crippen LogP contribution in [0.4, 0.5) is 0 Å². The zero-order valence-corrected chi connectivity index (χ0v) is 14.5. The fourth-order valence-electron chi connectivity index (χ4n) is 1.76. The van der Waals surface area contributed by atoms with Crippen molar-refractivity contribution in [3.8, 4) is 17.4 Å². The number of nitrogens with zero attached hydrogens (tertiary/aromatic N) is 1. The summed E-state index contributed by atoms with van der Waals surface area (Å²) in [5.74, 6) is 2.15. The minimum Gasteiger partial charge on any atom is -0.497 e. The summed E-state index contributed by atoms with van der Waals surface area (Å²) in [6, 6.07) is 11.2. The molecule has 5 nitrogen and oxygen atoms in total. The van der Waals surface area contributed by atoms with Crippen molar-refractivity contribution < 1.29 is 19.0 Å². The third kappa shape index (κ3) is 11.1. The average Bonchev–Trinajstić information content (AvgIpc) is 2.62. The van der Waals surface area contributed by atoms with Gasteiger partial charge in [0.25, 0.3) is 6.47 Å². The second-order valence-electron chi connectivity index (χ2n) is 5.13. The van der Waals surface area contributed by atoms with Crippen molar-refractivity contribution in [3.63, 3.8) is 0 Å². The molecule has 1 heterocycles. The van der Waals surface area contributed by atoms with Crippen molar-refractivity contribution in [1.82, 2.24) is 4.98 Å². The van der Waals surface area contributed by atoms with Gasteiger partial charge >= 0.3 is 0 Å². The standard InChI is InChI=1S/C13H13NO2.C6H12O2.2CH4/c1-10-3-8-13(14-9-10)16-12-6-4-11(15-2)5-7-12;1-2-3-4-5-8-6-7;;/h3-9H,1-2H3;6H,2-5H2,1H3;2*1H4. The Labute approximate surface area is 158 Å². The van der Waals surface area contributed by atoms with Crippen LogP contribution in [0.1, 0.15) is 46.6 Å². The van der Waals surface area contributed by atoms with E-state index in [2.05, 4.69) is 16.6 Å². The summed E-state index contributed by atoms with van der Waals surface area (Å²) in [6.07, 6.45) is 5.09. The highest BCUT2D eigenvalue weighted by Gasteiger charge is 1.98. The van der Waals surface area contributed by atoms with E-state index < -0.39 is 0 Å². The molecule has 26 heavy (non-hydrogen) atoms. The van der Waals surface area contributed by atoms with Crippen LogP contribution in [0.25, 0.3) is 0 Å². The Bertz CT molecular complexity index is 568. The molecule has 0 N–H and O–H groups in total. The van der Waals surface area contributed by atoms with Crippen molar-refractivity contribution in [3.05, 3.63) is 48.2 Å². The Balaban J connectivity index is 0. The maximum atomic E-state index is 9.55. The predicted molar refractivity (Wildman–Crippen MR) is 107 cm³/mol. The normalized spacial score (nSPS) is 8.73. The van der Waals surface area contributed by atoms with E-state index >= 15 is 0 Å². The minimum atomic E-state index is 0. The number of rotatable bonds is 8. The SMILES string of the molecule is C.C.CCCCCOC=O.COc1ccc(Oc2ccc(C)cn2)cc1. The second-order valence-corrected chi connectivity index (χ2v) is 5.13. The second kappa shape index (κ2) is 15.9. The first-order chi connectivity index (χ1) is 11.7. The number of carbonyl (C=O) groups is 1. The number of pyridine rings is 1. The molecule has 0 aliphatic heterocycles. The van der Waals surface area contributed by atoms with Gasteiger partial charge in [0.05, 0.1) is 13.7 Å². The number of methoxy groups -OCH3 is 1. The van der Waals surface area contributed by atoms with Crippen molar-refractivity contribution in [2.24, 2.45) is 0 Å². The van der Waals surface area contributed by atoms with Gasteiger partial charge in [-0.3, -0.25) is 4.79 Å². The summed E-state index contributed by atoms with van der Waals surface area (Å²) < 4.78 is 15.1. The lowest BCUT2D eigenvalue weighted by Gasteiger charge is -2.05. The van der Waals surface area contributed by atoms with Crippen LogP contribution < -0.4 is 9.47 Å². The van der Waals surface area contributed by atoms with Crippen LogP contribution in [0.2, 0.25) is 0 Å². The molecule has 0 amide bonds. The topological polar surface area (TPSA) is 57.7 Å². The quantitative estimate of drug-likeness (QED) is 0.437. The molecule has 2 aromatic rings. The Morgan fingerprint density at radius 3 is 2.15 bits per heavy atom. The molecule has 2 rings (SSSR count). The van der Waals surface area contributed by atoms with Crippen molar-refractivity contribution >= 4 is 6.47 Å². The van der Waals surface area contributed by atoms with Crippen LogP contribution >= 0.6 is 0 Å². The molecule has 5 heteroatoms. The fraction of sp³-hybridized carbons (Fsp3) is 0.429. The van der Waals surface area contributed by atoms with Gasteiger partial charge in [0, 0.05) is 12.3 Å². The first-order valence-electron chi connectivity index (χ1n) is 7.99. The van der Waals surface area contributed by atoms with E-state index in [-0.39, 0.29) is 14.9 Å². The molecular weight excluding hydrogens is 330 g/mol. The zero-order valence-electron chi connectivity index (χ0n) is 14.5. The monoisotopic (exact) mass is 363 g/mol. The van der Waals surface area contributed by atoms with E-state index in [1.54, 1.807) is 13.3 Å². The molecule has 1 aromatic carbocycles. The number of unbranched alkanes of at least 4 members (excludes halogenated alkanes) is 2. The first kappa shape index (κ1) is 25.7. The van der Waals surface area contributed by atoms with Crippen molar-refractivity contribution in [2.45, 2.75) is 48.0 Å². The van der Waals surface area contributed by atoms with E-state index in [4.69, 9.17) is 9.47 Å². The largest absolute Gasteiger partial charge is 0.497 e. The van der Waals surface area contributed by atoms with Gasteiger partial charge in [-0.2, -0.15) is 0 Å². The summed E-state index contributed by atoms with van der Waals surface area (Å²) in [4.78, 5) is 13.7. The highest BCUT2D eigenvalue weighted by Crippen LogP contribution is 2.22. The Morgan fingerprint density at radius 2 is 1.65 bits per heavy atom. The van der Waals surface area contributed by atoms with E-state index in [1.165, 1.54) is 6.42 Å². The molecular formula is C21H33NO4. The number of ether oxygens (including phenoxy) is 3. The molecule has 0 aliphatic rings. The highest BCUT2D eigenvalue weighted by molar-refractivity contribution is 5.36. The highest BCUT2D eigenvalue weighted by atomic mass is 16.5. The van der Waals surface area contributed by atoms with Crippen LogP contribution in [0, 0.1) is 6.92 Å². The molecule has 0 saturated heterocycles. The molecule has 0 aliphatic carbocycles. The number of hydrogen-bond acceptors (Lipinski definition) is 5. The number of hydrogen-bond donors (Lipinski definition) is 0. The summed E-state index contributed by atoms with van der Waals surface area (Å²) in [7, 11) is 1.64. The zero-order chi connectivity index (χ0) is 17.6. The minimum absolute atomic E-state index is 0. The summed E-state index contributed by atoms with van der Waals surface area (Å²) in [6.45, 7) is 5.18. The predicted octanol–water partition coefficient (Wildman–Crippen LogP) is 5.81. The summed E-state index contributed by atoms with van der Waals surface area (Å²) >= 11 is 0. The first-order valence-corrected chi connectivity index (χ1v) is 7.99. The lowest BCUT2D eigenvalue weighted by Crippen LogP contribution is -1.89. The molecule has 0 bridgehead atoms. The molecule has 146 valence electrons. The Hall–Kier alpha value is -2.56.